The van der Waals surface area contributed by atoms with Crippen molar-refractivity contribution in [3.63, 3.8) is 0 Å². The number of aromatic nitrogens is 6. The lowest BCUT2D eigenvalue weighted by Crippen LogP contribution is -2.52. The number of aliphatic hydroxyl groups excluding tert-OH is 1. The molecule has 1 unspecified atom stereocenters. The molecule has 214 valence electrons. The third-order valence-corrected chi connectivity index (χ3v) is 7.75. The van der Waals surface area contributed by atoms with Crippen LogP contribution in [0.25, 0.3) is 22.7 Å². The summed E-state index contributed by atoms with van der Waals surface area (Å²) in [6.07, 6.45) is 9.02. The Balaban J connectivity index is 1.12. The fourth-order valence-electron chi connectivity index (χ4n) is 5.29. The first kappa shape index (κ1) is 27.2. The van der Waals surface area contributed by atoms with Crippen LogP contribution in [0.4, 0.5) is 11.8 Å². The van der Waals surface area contributed by atoms with Gasteiger partial charge in [0.25, 0.3) is 5.89 Å². The van der Waals surface area contributed by atoms with Crippen LogP contribution < -0.4 is 10.6 Å². The number of piperazine rings is 1. The second-order valence-electron chi connectivity index (χ2n) is 11.6. The number of rotatable bonds is 7. The molecule has 12 heteroatoms. The lowest BCUT2D eigenvalue weighted by molar-refractivity contribution is -0.239. The highest BCUT2D eigenvalue weighted by atomic mass is 16.6. The molecule has 0 amide bonds. The van der Waals surface area contributed by atoms with Gasteiger partial charge in [0.05, 0.1) is 22.3 Å². The number of aliphatic hydroxyl groups is 1. The van der Waals surface area contributed by atoms with Gasteiger partial charge in [0.2, 0.25) is 12.4 Å². The van der Waals surface area contributed by atoms with Crippen molar-refractivity contribution < 1.29 is 14.4 Å². The smallest absolute Gasteiger partial charge is 0.259 e. The van der Waals surface area contributed by atoms with Crippen molar-refractivity contribution in [2.45, 2.75) is 57.5 Å². The van der Waals surface area contributed by atoms with Gasteiger partial charge in [-0.1, -0.05) is 17.6 Å². The number of nitrogen functional groups attached to an aromatic ring is 1. The maximum absolute atomic E-state index is 10.4. The highest BCUT2D eigenvalue weighted by molar-refractivity contribution is 5.58. The molecule has 2 fully saturated rings. The van der Waals surface area contributed by atoms with Gasteiger partial charge < -0.3 is 25.0 Å². The van der Waals surface area contributed by atoms with Gasteiger partial charge in [-0.2, -0.15) is 4.98 Å². The van der Waals surface area contributed by atoms with E-state index < -0.39 is 12.0 Å². The minimum atomic E-state index is -0.912. The largest absolute Gasteiger partial charge is 0.368 e. The second-order valence-corrected chi connectivity index (χ2v) is 11.6. The summed E-state index contributed by atoms with van der Waals surface area (Å²) in [5, 5.41) is 14.8. The monoisotopic (exact) mass is 557 g/mol. The van der Waals surface area contributed by atoms with Gasteiger partial charge in [0, 0.05) is 56.5 Å². The summed E-state index contributed by atoms with van der Waals surface area (Å²) in [7, 11) is 0. The minimum absolute atomic E-state index is 0.234. The van der Waals surface area contributed by atoms with Gasteiger partial charge in [-0.05, 0) is 57.4 Å². The average Bonchev–Trinajstić information content (AvgIpc) is 3.43. The molecule has 1 atom stereocenters. The molecule has 0 aromatic carbocycles. The maximum Gasteiger partial charge on any atom is 0.259 e. The normalized spacial score (nSPS) is 18.2. The molecule has 6 rings (SSSR count). The molecule has 1 aliphatic heterocycles. The summed E-state index contributed by atoms with van der Waals surface area (Å²) in [6.45, 7) is 8.64. The van der Waals surface area contributed by atoms with Crippen LogP contribution in [-0.2, 0) is 10.2 Å². The number of hydrogen-bond acceptors (Lipinski definition) is 12. The summed E-state index contributed by atoms with van der Waals surface area (Å²) < 4.78 is 11.4. The number of pyridine rings is 2. The summed E-state index contributed by atoms with van der Waals surface area (Å²) in [5.74, 6) is 2.21. The molecule has 0 radical (unpaired) electrons. The van der Waals surface area contributed by atoms with E-state index in [9.17, 15) is 5.11 Å². The molecule has 5 heterocycles. The quantitative estimate of drug-likeness (QED) is 0.321. The predicted molar refractivity (Wildman–Crippen MR) is 152 cm³/mol. The Bertz CT molecular complexity index is 1460. The zero-order chi connectivity index (χ0) is 28.6. The van der Waals surface area contributed by atoms with E-state index in [0.717, 1.165) is 60.6 Å². The third-order valence-electron chi connectivity index (χ3n) is 7.75. The van der Waals surface area contributed by atoms with Crippen LogP contribution in [0, 0.1) is 0 Å². The van der Waals surface area contributed by atoms with Crippen molar-refractivity contribution in [3.8, 4) is 22.7 Å². The first-order valence-corrected chi connectivity index (χ1v) is 13.9. The van der Waals surface area contributed by atoms with E-state index in [0.29, 0.717) is 24.8 Å². The van der Waals surface area contributed by atoms with Crippen LogP contribution in [0.15, 0.2) is 53.6 Å². The van der Waals surface area contributed by atoms with Gasteiger partial charge >= 0.3 is 0 Å². The SMILES string of the molecule is CC(C)(C)OC(O)N1CCN(c2ccc(-c3nc(C4(c5ccc(-c6cnc(N)nc6)nc5)CCC4)no3)cn2)CC1. The fraction of sp³-hybridized carbons (Fsp3) is 0.448. The lowest BCUT2D eigenvalue weighted by atomic mass is 9.64. The van der Waals surface area contributed by atoms with Gasteiger partial charge in [0.1, 0.15) is 5.82 Å². The average molecular weight is 558 g/mol. The van der Waals surface area contributed by atoms with Gasteiger partial charge in [0.15, 0.2) is 5.82 Å². The number of nitrogens with zero attached hydrogens (tertiary/aromatic N) is 8. The summed E-state index contributed by atoms with van der Waals surface area (Å²) in [6, 6.07) is 7.96. The molecular weight excluding hydrogens is 522 g/mol. The van der Waals surface area contributed by atoms with Crippen LogP contribution in [-0.4, -0.2) is 78.3 Å². The van der Waals surface area contributed by atoms with Crippen molar-refractivity contribution in [1.82, 2.24) is 35.0 Å². The topological polar surface area (TPSA) is 152 Å². The zero-order valence-electron chi connectivity index (χ0n) is 23.6. The molecule has 41 heavy (non-hydrogen) atoms. The molecule has 4 aromatic rings. The Morgan fingerprint density at radius 1 is 0.927 bits per heavy atom. The molecule has 0 spiro atoms. The summed E-state index contributed by atoms with van der Waals surface area (Å²) in [5.41, 5.74) is 8.29. The molecule has 2 aliphatic rings. The fourth-order valence-corrected chi connectivity index (χ4v) is 5.29. The third kappa shape index (κ3) is 5.63. The summed E-state index contributed by atoms with van der Waals surface area (Å²) >= 11 is 0. The van der Waals surface area contributed by atoms with Crippen LogP contribution in [0.5, 0.6) is 0 Å². The minimum Gasteiger partial charge on any atom is -0.368 e. The van der Waals surface area contributed by atoms with Crippen LogP contribution in [0.2, 0.25) is 0 Å². The van der Waals surface area contributed by atoms with E-state index in [4.69, 9.17) is 20.0 Å². The van der Waals surface area contributed by atoms with E-state index in [1.807, 2.05) is 50.1 Å². The zero-order valence-corrected chi connectivity index (χ0v) is 23.6. The van der Waals surface area contributed by atoms with Crippen molar-refractivity contribution in [2.24, 2.45) is 0 Å². The number of ether oxygens (including phenoxy) is 1. The van der Waals surface area contributed by atoms with Gasteiger partial charge in [-0.3, -0.25) is 9.88 Å². The van der Waals surface area contributed by atoms with E-state index in [1.165, 1.54) is 0 Å². The number of hydrogen-bond donors (Lipinski definition) is 2. The van der Waals surface area contributed by atoms with Crippen molar-refractivity contribution in [3.05, 3.63) is 60.4 Å². The Morgan fingerprint density at radius 3 is 2.24 bits per heavy atom. The van der Waals surface area contributed by atoms with Crippen molar-refractivity contribution in [2.75, 3.05) is 36.8 Å². The second kappa shape index (κ2) is 10.8. The van der Waals surface area contributed by atoms with Crippen LogP contribution in [0.3, 0.4) is 0 Å². The van der Waals surface area contributed by atoms with Crippen LogP contribution in [0.1, 0.15) is 51.4 Å². The number of anilines is 2. The van der Waals surface area contributed by atoms with Gasteiger partial charge in [-0.25, -0.2) is 15.0 Å². The molecule has 0 bridgehead atoms. The summed E-state index contributed by atoms with van der Waals surface area (Å²) in [4.78, 5) is 26.4. The van der Waals surface area contributed by atoms with E-state index in [-0.39, 0.29) is 11.4 Å². The first-order chi connectivity index (χ1) is 19.7. The van der Waals surface area contributed by atoms with Crippen molar-refractivity contribution in [1.29, 1.82) is 0 Å². The Morgan fingerprint density at radius 2 is 1.66 bits per heavy atom. The Hall–Kier alpha value is -4.00. The molecule has 3 N–H and O–H groups in total. The highest BCUT2D eigenvalue weighted by Crippen LogP contribution is 2.48. The molecule has 4 aromatic heterocycles. The first-order valence-electron chi connectivity index (χ1n) is 13.9. The van der Waals surface area contributed by atoms with Crippen LogP contribution >= 0.6 is 0 Å². The molecule has 1 saturated carbocycles. The standard InChI is InChI=1S/C29H35N9O3/c1-28(2,3)40-27(39)38-13-11-37(12-14-38)23-8-5-19(15-32-23)24-35-25(36-41-24)29(9-4-10-29)21-6-7-22(31-18-21)20-16-33-26(30)34-17-20/h5-8,15-18,27,39H,4,9-14H2,1-3H3,(H2,30,33,34). The Labute approximate surface area is 238 Å². The van der Waals surface area contributed by atoms with E-state index in [2.05, 4.69) is 36.1 Å². The molecule has 1 aliphatic carbocycles. The highest BCUT2D eigenvalue weighted by Gasteiger charge is 2.45. The molecular formula is C29H35N9O3. The predicted octanol–water partition coefficient (Wildman–Crippen LogP) is 3.25. The van der Waals surface area contributed by atoms with Gasteiger partial charge in [-0.15, -0.1) is 0 Å². The van der Waals surface area contributed by atoms with E-state index >= 15 is 0 Å². The maximum atomic E-state index is 10.4. The Kier molecular flexibility index (Phi) is 7.14. The molecule has 12 nitrogen and oxygen atoms in total. The molecule has 1 saturated heterocycles. The van der Waals surface area contributed by atoms with E-state index in [1.54, 1.807) is 18.6 Å². The number of nitrogens with two attached hydrogens (primary N) is 1. The van der Waals surface area contributed by atoms with Crippen molar-refractivity contribution >= 4 is 11.8 Å². The lowest BCUT2D eigenvalue weighted by Gasteiger charge is -2.39.